The molecule has 0 saturated heterocycles. The van der Waals surface area contributed by atoms with Crippen LogP contribution in [0.2, 0.25) is 5.02 Å². The molecule has 4 rings (SSSR count). The summed E-state index contributed by atoms with van der Waals surface area (Å²) in [5.41, 5.74) is 2.30. The number of carbonyl (C=O) groups is 1. The Kier molecular flexibility index (Phi) is 6.18. The Hall–Kier alpha value is -3.78. The van der Waals surface area contributed by atoms with Crippen LogP contribution < -0.4 is 10.6 Å². The Balaban J connectivity index is 1.32. The number of rotatable bonds is 7. The molecular weight excluding hydrogens is 419 g/mol. The first kappa shape index (κ1) is 20.5. The number of hydrogen-bond donors (Lipinski definition) is 2. The lowest BCUT2D eigenvalue weighted by atomic mass is 10.1. The van der Waals surface area contributed by atoms with Gasteiger partial charge in [-0.25, -0.2) is 19.3 Å². The molecule has 2 heterocycles. The topological polar surface area (TPSA) is 84.7 Å². The highest BCUT2D eigenvalue weighted by Crippen LogP contribution is 2.20. The first-order chi connectivity index (χ1) is 15.1. The van der Waals surface area contributed by atoms with Crippen LogP contribution in [-0.2, 0) is 11.2 Å². The molecule has 4 aromatic rings. The molecule has 0 spiro atoms. The van der Waals surface area contributed by atoms with E-state index in [0.29, 0.717) is 23.7 Å². The Bertz CT molecular complexity index is 1180. The number of halogens is 2. The SMILES string of the molecule is O=C(CCc1ccc(F)c(Cl)c1)Nc1ccc(Nc2cc(-n3ccnc3)ncn2)cc1. The second kappa shape index (κ2) is 9.36. The van der Waals surface area contributed by atoms with Gasteiger partial charge >= 0.3 is 0 Å². The van der Waals surface area contributed by atoms with Gasteiger partial charge in [-0.15, -0.1) is 0 Å². The molecule has 31 heavy (non-hydrogen) atoms. The van der Waals surface area contributed by atoms with Crippen molar-refractivity contribution in [3.63, 3.8) is 0 Å². The monoisotopic (exact) mass is 436 g/mol. The summed E-state index contributed by atoms with van der Waals surface area (Å²) in [4.78, 5) is 24.7. The minimum atomic E-state index is -0.469. The molecule has 0 aliphatic rings. The van der Waals surface area contributed by atoms with Crippen molar-refractivity contribution >= 4 is 34.7 Å². The number of benzene rings is 2. The average Bonchev–Trinajstić information content (AvgIpc) is 3.31. The molecule has 0 atom stereocenters. The summed E-state index contributed by atoms with van der Waals surface area (Å²) < 4.78 is 15.0. The van der Waals surface area contributed by atoms with Crippen molar-refractivity contribution in [3.05, 3.63) is 90.0 Å². The lowest BCUT2D eigenvalue weighted by Gasteiger charge is -2.09. The number of carbonyl (C=O) groups excluding carboxylic acids is 1. The van der Waals surface area contributed by atoms with Crippen molar-refractivity contribution in [3.8, 4) is 5.82 Å². The lowest BCUT2D eigenvalue weighted by molar-refractivity contribution is -0.116. The number of aromatic nitrogens is 4. The van der Waals surface area contributed by atoms with Crippen LogP contribution in [0.1, 0.15) is 12.0 Å². The fourth-order valence-corrected chi connectivity index (χ4v) is 3.12. The third kappa shape index (κ3) is 5.43. The number of anilines is 3. The molecule has 0 aliphatic heterocycles. The smallest absolute Gasteiger partial charge is 0.224 e. The summed E-state index contributed by atoms with van der Waals surface area (Å²) >= 11 is 5.77. The summed E-state index contributed by atoms with van der Waals surface area (Å²) in [5.74, 6) is 0.722. The fourth-order valence-electron chi connectivity index (χ4n) is 2.91. The van der Waals surface area contributed by atoms with Crippen molar-refractivity contribution < 1.29 is 9.18 Å². The number of amides is 1. The molecular formula is C22H18ClFN6O. The molecule has 9 heteroatoms. The van der Waals surface area contributed by atoms with Crippen molar-refractivity contribution in [2.75, 3.05) is 10.6 Å². The summed E-state index contributed by atoms with van der Waals surface area (Å²) in [6.07, 6.45) is 7.35. The molecule has 0 radical (unpaired) electrons. The first-order valence-corrected chi connectivity index (χ1v) is 9.86. The van der Waals surface area contributed by atoms with Gasteiger partial charge in [-0.1, -0.05) is 17.7 Å². The Morgan fingerprint density at radius 2 is 1.87 bits per heavy atom. The Morgan fingerprint density at radius 3 is 2.61 bits per heavy atom. The predicted octanol–water partition coefficient (Wildman–Crippen LogP) is 4.77. The van der Waals surface area contributed by atoms with E-state index >= 15 is 0 Å². The molecule has 2 aromatic carbocycles. The van der Waals surface area contributed by atoms with E-state index in [1.165, 1.54) is 18.5 Å². The maximum Gasteiger partial charge on any atom is 0.224 e. The molecule has 0 saturated carbocycles. The number of imidazole rings is 1. The van der Waals surface area contributed by atoms with E-state index in [2.05, 4.69) is 25.6 Å². The van der Waals surface area contributed by atoms with Gasteiger partial charge in [0.05, 0.1) is 5.02 Å². The third-order valence-corrected chi connectivity index (χ3v) is 4.78. The van der Waals surface area contributed by atoms with Gasteiger partial charge in [-0.2, -0.15) is 0 Å². The van der Waals surface area contributed by atoms with Crippen LogP contribution in [-0.4, -0.2) is 25.4 Å². The molecule has 0 fully saturated rings. The molecule has 0 aliphatic carbocycles. The van der Waals surface area contributed by atoms with E-state index < -0.39 is 5.82 Å². The zero-order valence-electron chi connectivity index (χ0n) is 16.3. The average molecular weight is 437 g/mol. The minimum Gasteiger partial charge on any atom is -0.340 e. The van der Waals surface area contributed by atoms with Gasteiger partial charge in [-0.3, -0.25) is 9.36 Å². The largest absolute Gasteiger partial charge is 0.340 e. The van der Waals surface area contributed by atoms with Gasteiger partial charge in [0.15, 0.2) is 0 Å². The van der Waals surface area contributed by atoms with E-state index in [4.69, 9.17) is 11.6 Å². The lowest BCUT2D eigenvalue weighted by Crippen LogP contribution is -2.12. The van der Waals surface area contributed by atoms with E-state index in [1.807, 2.05) is 12.1 Å². The molecule has 7 nitrogen and oxygen atoms in total. The number of nitrogens with zero attached hydrogens (tertiary/aromatic N) is 4. The van der Waals surface area contributed by atoms with Crippen LogP contribution in [0, 0.1) is 5.82 Å². The second-order valence-electron chi connectivity index (χ2n) is 6.73. The Labute approximate surface area is 183 Å². The maximum atomic E-state index is 13.2. The van der Waals surface area contributed by atoms with Crippen LogP contribution in [0.15, 0.2) is 73.6 Å². The summed E-state index contributed by atoms with van der Waals surface area (Å²) in [5, 5.41) is 6.11. The standard InChI is InChI=1S/C22H18ClFN6O/c23-18-11-15(1-7-19(18)24)2-8-22(31)29-17-5-3-16(4-6-17)28-20-12-21(27-13-26-20)30-10-9-25-14-30/h1,3-7,9-14H,2,8H2,(H,29,31)(H,26,27,28). The van der Waals surface area contributed by atoms with Gasteiger partial charge in [0, 0.05) is 36.3 Å². The minimum absolute atomic E-state index is 0.0573. The first-order valence-electron chi connectivity index (χ1n) is 9.48. The van der Waals surface area contributed by atoms with Crippen molar-refractivity contribution in [1.82, 2.24) is 19.5 Å². The molecule has 0 bridgehead atoms. The number of aryl methyl sites for hydroxylation is 1. The second-order valence-corrected chi connectivity index (χ2v) is 7.14. The van der Waals surface area contributed by atoms with Gasteiger partial charge in [0.2, 0.25) is 5.91 Å². The Morgan fingerprint density at radius 1 is 1.06 bits per heavy atom. The van der Waals surface area contributed by atoms with Crippen molar-refractivity contribution in [2.24, 2.45) is 0 Å². The van der Waals surface area contributed by atoms with E-state index in [1.54, 1.807) is 47.6 Å². The van der Waals surface area contributed by atoms with Crippen molar-refractivity contribution in [2.45, 2.75) is 12.8 Å². The van der Waals surface area contributed by atoms with E-state index in [0.717, 1.165) is 11.3 Å². The number of nitrogens with one attached hydrogen (secondary N) is 2. The molecule has 2 aromatic heterocycles. The van der Waals surface area contributed by atoms with Crippen LogP contribution >= 0.6 is 11.6 Å². The third-order valence-electron chi connectivity index (χ3n) is 4.49. The molecule has 2 N–H and O–H groups in total. The molecule has 1 amide bonds. The van der Waals surface area contributed by atoms with Gasteiger partial charge < -0.3 is 10.6 Å². The van der Waals surface area contributed by atoms with Crippen LogP contribution in [0.5, 0.6) is 0 Å². The number of hydrogen-bond acceptors (Lipinski definition) is 5. The van der Waals surface area contributed by atoms with Gasteiger partial charge in [0.25, 0.3) is 0 Å². The van der Waals surface area contributed by atoms with Crippen LogP contribution in [0.25, 0.3) is 5.82 Å². The highest BCUT2D eigenvalue weighted by Gasteiger charge is 2.06. The summed E-state index contributed by atoms with van der Waals surface area (Å²) in [7, 11) is 0. The summed E-state index contributed by atoms with van der Waals surface area (Å²) in [6, 6.07) is 13.6. The van der Waals surface area contributed by atoms with E-state index in [-0.39, 0.29) is 17.4 Å². The van der Waals surface area contributed by atoms with Crippen molar-refractivity contribution in [1.29, 1.82) is 0 Å². The predicted molar refractivity (Wildman–Crippen MR) is 117 cm³/mol. The highest BCUT2D eigenvalue weighted by molar-refractivity contribution is 6.30. The van der Waals surface area contributed by atoms with Gasteiger partial charge in [-0.05, 0) is 48.4 Å². The normalized spacial score (nSPS) is 10.6. The fraction of sp³-hybridized carbons (Fsp3) is 0.0909. The van der Waals surface area contributed by atoms with E-state index in [9.17, 15) is 9.18 Å². The van der Waals surface area contributed by atoms with Gasteiger partial charge in [0.1, 0.15) is 30.1 Å². The maximum absolute atomic E-state index is 13.2. The zero-order valence-corrected chi connectivity index (χ0v) is 17.1. The quantitative estimate of drug-likeness (QED) is 0.436. The zero-order chi connectivity index (χ0) is 21.6. The molecule has 156 valence electrons. The summed E-state index contributed by atoms with van der Waals surface area (Å²) in [6.45, 7) is 0. The molecule has 0 unspecified atom stereocenters. The highest BCUT2D eigenvalue weighted by atomic mass is 35.5. The van der Waals surface area contributed by atoms with Crippen LogP contribution in [0.4, 0.5) is 21.6 Å². The van der Waals surface area contributed by atoms with Crippen LogP contribution in [0.3, 0.4) is 0 Å².